The molecule has 0 fully saturated rings. The van der Waals surface area contributed by atoms with Crippen LogP contribution in [0.25, 0.3) is 44.2 Å². The Labute approximate surface area is 210 Å². The first-order valence-electron chi connectivity index (χ1n) is 12.1. The summed E-state index contributed by atoms with van der Waals surface area (Å²) in [7, 11) is 0. The van der Waals surface area contributed by atoms with E-state index < -0.39 is 0 Å². The third-order valence-electron chi connectivity index (χ3n) is 6.53. The molecule has 2 heteroatoms. The van der Waals surface area contributed by atoms with Crippen molar-refractivity contribution in [2.24, 2.45) is 0 Å². The van der Waals surface area contributed by atoms with Gasteiger partial charge in [0.05, 0.1) is 0 Å². The SMILES string of the molecule is Fc1cccc(-c2cccc3cccc(-c4ccccc4Nc4ccc(-c5ccccc5)cc4)c23)c1. The zero-order chi connectivity index (χ0) is 24.3. The summed E-state index contributed by atoms with van der Waals surface area (Å²) in [6, 6.07) is 46.6. The second-order valence-electron chi connectivity index (χ2n) is 8.83. The van der Waals surface area contributed by atoms with Crippen molar-refractivity contribution in [3.8, 4) is 33.4 Å². The van der Waals surface area contributed by atoms with Crippen LogP contribution in [0, 0.1) is 5.82 Å². The molecule has 0 aromatic heterocycles. The summed E-state index contributed by atoms with van der Waals surface area (Å²) in [6.45, 7) is 0. The van der Waals surface area contributed by atoms with E-state index in [0.29, 0.717) is 0 Å². The molecule has 0 aliphatic heterocycles. The van der Waals surface area contributed by atoms with Gasteiger partial charge in [-0.1, -0.05) is 109 Å². The fourth-order valence-electron chi connectivity index (χ4n) is 4.82. The maximum atomic E-state index is 14.1. The summed E-state index contributed by atoms with van der Waals surface area (Å²) >= 11 is 0. The Morgan fingerprint density at radius 2 is 1.06 bits per heavy atom. The number of anilines is 2. The molecule has 0 unspecified atom stereocenters. The van der Waals surface area contributed by atoms with Crippen molar-refractivity contribution in [3.05, 3.63) is 145 Å². The molecule has 0 heterocycles. The summed E-state index contributed by atoms with van der Waals surface area (Å²) in [5.74, 6) is -0.233. The highest BCUT2D eigenvalue weighted by molar-refractivity contribution is 6.08. The molecular weight excluding hydrogens is 441 g/mol. The predicted molar refractivity (Wildman–Crippen MR) is 150 cm³/mol. The predicted octanol–water partition coefficient (Wildman–Crippen LogP) is 9.72. The van der Waals surface area contributed by atoms with E-state index in [-0.39, 0.29) is 5.82 Å². The number of benzene rings is 6. The minimum Gasteiger partial charge on any atom is -0.355 e. The first kappa shape index (κ1) is 21.8. The number of rotatable bonds is 5. The lowest BCUT2D eigenvalue weighted by Crippen LogP contribution is -1.94. The van der Waals surface area contributed by atoms with Gasteiger partial charge in [0.2, 0.25) is 0 Å². The van der Waals surface area contributed by atoms with E-state index in [1.165, 1.54) is 17.2 Å². The Balaban J connectivity index is 1.43. The smallest absolute Gasteiger partial charge is 0.123 e. The van der Waals surface area contributed by atoms with Crippen molar-refractivity contribution in [2.45, 2.75) is 0 Å². The van der Waals surface area contributed by atoms with Crippen molar-refractivity contribution in [1.82, 2.24) is 0 Å². The standard InChI is InChI=1S/C34H24FN/c35-28-14-6-13-27(23-28)30-16-7-11-26-12-8-17-32(34(26)30)31-15-4-5-18-33(31)36-29-21-19-25(20-22-29)24-9-2-1-3-10-24/h1-23,36H. The van der Waals surface area contributed by atoms with Crippen LogP contribution in [0.3, 0.4) is 0 Å². The van der Waals surface area contributed by atoms with Gasteiger partial charge in [-0.05, 0) is 68.9 Å². The van der Waals surface area contributed by atoms with Gasteiger partial charge < -0.3 is 5.32 Å². The molecule has 0 aliphatic rings. The molecule has 0 amide bonds. The lowest BCUT2D eigenvalue weighted by Gasteiger charge is -2.17. The van der Waals surface area contributed by atoms with Crippen molar-refractivity contribution >= 4 is 22.1 Å². The van der Waals surface area contributed by atoms with Gasteiger partial charge in [0.25, 0.3) is 0 Å². The number of fused-ring (bicyclic) bond motifs is 1. The van der Waals surface area contributed by atoms with Crippen molar-refractivity contribution < 1.29 is 4.39 Å². The van der Waals surface area contributed by atoms with Crippen LogP contribution in [0.2, 0.25) is 0 Å². The topological polar surface area (TPSA) is 12.0 Å². The maximum Gasteiger partial charge on any atom is 0.123 e. The third-order valence-corrected chi connectivity index (χ3v) is 6.53. The Morgan fingerprint density at radius 1 is 0.444 bits per heavy atom. The molecule has 0 saturated carbocycles. The fourth-order valence-corrected chi connectivity index (χ4v) is 4.82. The summed E-state index contributed by atoms with van der Waals surface area (Å²) in [4.78, 5) is 0. The summed E-state index contributed by atoms with van der Waals surface area (Å²) in [5, 5.41) is 5.85. The zero-order valence-corrected chi connectivity index (χ0v) is 19.7. The monoisotopic (exact) mass is 465 g/mol. The van der Waals surface area contributed by atoms with Crippen LogP contribution in [-0.2, 0) is 0 Å². The minimum absolute atomic E-state index is 0.233. The third kappa shape index (κ3) is 4.25. The molecular formula is C34H24FN. The molecule has 0 spiro atoms. The Kier molecular flexibility index (Phi) is 5.77. The van der Waals surface area contributed by atoms with Gasteiger partial charge in [-0.2, -0.15) is 0 Å². The molecule has 6 rings (SSSR count). The van der Waals surface area contributed by atoms with E-state index in [1.54, 1.807) is 12.1 Å². The Hall–Kier alpha value is -4.69. The average molecular weight is 466 g/mol. The summed E-state index contributed by atoms with van der Waals surface area (Å²) in [5.41, 5.74) is 8.52. The molecule has 6 aromatic rings. The fraction of sp³-hybridized carbons (Fsp3) is 0. The molecule has 0 radical (unpaired) electrons. The lowest BCUT2D eigenvalue weighted by atomic mass is 9.91. The van der Waals surface area contributed by atoms with E-state index >= 15 is 0 Å². The second kappa shape index (κ2) is 9.52. The second-order valence-corrected chi connectivity index (χ2v) is 8.83. The van der Waals surface area contributed by atoms with Gasteiger partial charge in [0.1, 0.15) is 5.82 Å². The van der Waals surface area contributed by atoms with Gasteiger partial charge in [-0.15, -0.1) is 0 Å². The molecule has 0 atom stereocenters. The van der Waals surface area contributed by atoms with Gasteiger partial charge in [-0.25, -0.2) is 4.39 Å². The average Bonchev–Trinajstić information content (AvgIpc) is 2.94. The van der Waals surface area contributed by atoms with Crippen LogP contribution in [0.5, 0.6) is 0 Å². The van der Waals surface area contributed by atoms with Crippen LogP contribution < -0.4 is 5.32 Å². The number of hydrogen-bond acceptors (Lipinski definition) is 1. The number of nitrogens with one attached hydrogen (secondary N) is 1. The number of para-hydroxylation sites is 1. The summed E-state index contributed by atoms with van der Waals surface area (Å²) < 4.78 is 14.1. The highest BCUT2D eigenvalue weighted by atomic mass is 19.1. The van der Waals surface area contributed by atoms with E-state index in [1.807, 2.05) is 24.3 Å². The highest BCUT2D eigenvalue weighted by Crippen LogP contribution is 2.40. The Morgan fingerprint density at radius 3 is 1.83 bits per heavy atom. The molecule has 1 N–H and O–H groups in total. The lowest BCUT2D eigenvalue weighted by molar-refractivity contribution is 0.628. The molecule has 36 heavy (non-hydrogen) atoms. The normalized spacial score (nSPS) is 10.9. The van der Waals surface area contributed by atoms with Gasteiger partial charge >= 0.3 is 0 Å². The largest absolute Gasteiger partial charge is 0.355 e. The molecule has 1 nitrogen and oxygen atoms in total. The van der Waals surface area contributed by atoms with Crippen LogP contribution in [-0.4, -0.2) is 0 Å². The van der Waals surface area contributed by atoms with Crippen molar-refractivity contribution in [3.63, 3.8) is 0 Å². The van der Waals surface area contributed by atoms with Crippen LogP contribution in [0.1, 0.15) is 0 Å². The Bertz CT molecular complexity index is 1650. The molecule has 0 aliphatic carbocycles. The van der Waals surface area contributed by atoms with Gasteiger partial charge in [0.15, 0.2) is 0 Å². The first-order chi connectivity index (χ1) is 17.8. The van der Waals surface area contributed by atoms with E-state index in [0.717, 1.165) is 44.4 Å². The van der Waals surface area contributed by atoms with E-state index in [9.17, 15) is 4.39 Å². The van der Waals surface area contributed by atoms with Gasteiger partial charge in [0, 0.05) is 16.9 Å². The molecule has 0 bridgehead atoms. The molecule has 0 saturated heterocycles. The maximum absolute atomic E-state index is 14.1. The van der Waals surface area contributed by atoms with Crippen molar-refractivity contribution in [2.75, 3.05) is 5.32 Å². The highest BCUT2D eigenvalue weighted by Gasteiger charge is 2.13. The van der Waals surface area contributed by atoms with Crippen LogP contribution >= 0.6 is 0 Å². The number of halogens is 1. The molecule has 6 aromatic carbocycles. The molecule has 172 valence electrons. The number of hydrogen-bond donors (Lipinski definition) is 1. The quantitative estimate of drug-likeness (QED) is 0.267. The van der Waals surface area contributed by atoms with Gasteiger partial charge in [-0.3, -0.25) is 0 Å². The minimum atomic E-state index is -0.233. The summed E-state index contributed by atoms with van der Waals surface area (Å²) in [6.07, 6.45) is 0. The van der Waals surface area contributed by atoms with E-state index in [2.05, 4.69) is 102 Å². The van der Waals surface area contributed by atoms with Crippen LogP contribution in [0.4, 0.5) is 15.8 Å². The zero-order valence-electron chi connectivity index (χ0n) is 19.7. The van der Waals surface area contributed by atoms with E-state index in [4.69, 9.17) is 0 Å². The van der Waals surface area contributed by atoms with Crippen molar-refractivity contribution in [1.29, 1.82) is 0 Å². The van der Waals surface area contributed by atoms with Crippen LogP contribution in [0.15, 0.2) is 140 Å². The first-order valence-corrected chi connectivity index (χ1v) is 12.1.